The molecule has 1 atom stereocenters. The van der Waals surface area contributed by atoms with Crippen LogP contribution in [0.25, 0.3) is 0 Å². The number of rotatable bonds is 18. The van der Waals surface area contributed by atoms with Gasteiger partial charge in [0.15, 0.2) is 11.5 Å². The Morgan fingerprint density at radius 2 is 1.42 bits per heavy atom. The molecule has 0 spiro atoms. The first-order valence-electron chi connectivity index (χ1n) is 16.7. The lowest BCUT2D eigenvalue weighted by Gasteiger charge is -2.32. The Bertz CT molecular complexity index is 1830. The van der Waals surface area contributed by atoms with Crippen LogP contribution in [-0.2, 0) is 45.4 Å². The molecular weight excluding hydrogens is 655 g/mol. The summed E-state index contributed by atoms with van der Waals surface area (Å²) in [7, 11) is 1.19. The van der Waals surface area contributed by atoms with Gasteiger partial charge in [-0.2, -0.15) is 0 Å². The van der Waals surface area contributed by atoms with Gasteiger partial charge in [-0.25, -0.2) is 13.1 Å². The minimum Gasteiger partial charge on any atom is -0.497 e. The second-order valence-electron chi connectivity index (χ2n) is 12.3. The normalized spacial score (nSPS) is 13.3. The molecule has 50 heavy (non-hydrogen) atoms. The van der Waals surface area contributed by atoms with Crippen molar-refractivity contribution in [3.05, 3.63) is 119 Å². The zero-order valence-electron chi connectivity index (χ0n) is 28.8. The quantitative estimate of drug-likeness (QED) is 0.149. The second-order valence-corrected chi connectivity index (χ2v) is 14.1. The molecule has 2 amide bonds. The molecule has 4 aromatic carbocycles. The number of aryl methyl sites for hydroxylation is 1. The molecular formula is C39H45N3O7S. The molecule has 1 aliphatic carbocycles. The van der Waals surface area contributed by atoms with E-state index in [9.17, 15) is 18.0 Å². The van der Waals surface area contributed by atoms with Crippen LogP contribution in [0.1, 0.15) is 41.5 Å². The molecule has 10 nitrogen and oxygen atoms in total. The summed E-state index contributed by atoms with van der Waals surface area (Å²) in [6.07, 6.45) is 3.10. The Labute approximate surface area is 294 Å². The molecule has 0 radical (unpaired) electrons. The first-order valence-corrected chi connectivity index (χ1v) is 18.2. The predicted octanol–water partition coefficient (Wildman–Crippen LogP) is 5.08. The second kappa shape index (κ2) is 17.2. The van der Waals surface area contributed by atoms with Gasteiger partial charge in [0, 0.05) is 32.0 Å². The van der Waals surface area contributed by atoms with E-state index >= 15 is 0 Å². The summed E-state index contributed by atoms with van der Waals surface area (Å²) in [5.74, 6) is 1.49. The topological polar surface area (TPSA) is 123 Å². The van der Waals surface area contributed by atoms with E-state index in [0.29, 0.717) is 43.1 Å². The summed E-state index contributed by atoms with van der Waals surface area (Å²) in [5, 5.41) is 3.08. The van der Waals surface area contributed by atoms with Gasteiger partial charge in [0.25, 0.3) is 0 Å². The standard InChI is InChI=1S/C39H45N3O7S/c1-47-33-17-9-31(10-18-33)27-42(38(43)22-14-28-11-19-34(20-12-28)50(45,46)41-32-15-16-32)35(25-29-7-5-4-6-8-29)39(44)40-24-23-30-13-21-36(48-2)37(26-30)49-3/h4-13,17-21,26,32,35,41H,14-16,22-25,27H2,1-3H3,(H,40,44)/t35-/m1/s1. The van der Waals surface area contributed by atoms with E-state index in [1.807, 2.05) is 72.8 Å². The first kappa shape index (κ1) is 36.4. The molecule has 11 heteroatoms. The van der Waals surface area contributed by atoms with E-state index in [1.165, 1.54) is 0 Å². The lowest BCUT2D eigenvalue weighted by Crippen LogP contribution is -2.50. The van der Waals surface area contributed by atoms with Crippen molar-refractivity contribution in [3.63, 3.8) is 0 Å². The van der Waals surface area contributed by atoms with Crippen LogP contribution in [0.5, 0.6) is 17.2 Å². The molecule has 0 saturated heterocycles. The molecule has 2 N–H and O–H groups in total. The van der Waals surface area contributed by atoms with Crippen LogP contribution in [0.4, 0.5) is 0 Å². The SMILES string of the molecule is COc1ccc(CN(C(=O)CCc2ccc(S(=O)(=O)NC3CC3)cc2)[C@H](Cc2ccccc2)C(=O)NCCc2ccc(OC)c(OC)c2)cc1. The van der Waals surface area contributed by atoms with Crippen molar-refractivity contribution in [2.75, 3.05) is 27.9 Å². The van der Waals surface area contributed by atoms with Gasteiger partial charge in [-0.05, 0) is 84.3 Å². The fraction of sp³-hybridized carbons (Fsp3) is 0.333. The van der Waals surface area contributed by atoms with Crippen LogP contribution < -0.4 is 24.2 Å². The number of hydrogen-bond donors (Lipinski definition) is 2. The Balaban J connectivity index is 1.35. The molecule has 1 fully saturated rings. The van der Waals surface area contributed by atoms with Gasteiger partial charge in [-0.15, -0.1) is 0 Å². The number of hydrogen-bond acceptors (Lipinski definition) is 7. The third-order valence-corrected chi connectivity index (χ3v) is 10.2. The largest absolute Gasteiger partial charge is 0.497 e. The summed E-state index contributed by atoms with van der Waals surface area (Å²) < 4.78 is 44.1. The van der Waals surface area contributed by atoms with Crippen molar-refractivity contribution in [2.24, 2.45) is 0 Å². The lowest BCUT2D eigenvalue weighted by atomic mass is 10.0. The van der Waals surface area contributed by atoms with E-state index in [4.69, 9.17) is 14.2 Å². The zero-order valence-corrected chi connectivity index (χ0v) is 29.6. The molecule has 1 saturated carbocycles. The molecule has 264 valence electrons. The number of nitrogens with one attached hydrogen (secondary N) is 2. The zero-order chi connectivity index (χ0) is 35.5. The van der Waals surface area contributed by atoms with Crippen LogP contribution in [0, 0.1) is 0 Å². The van der Waals surface area contributed by atoms with E-state index in [1.54, 1.807) is 50.5 Å². The molecule has 0 unspecified atom stereocenters. The van der Waals surface area contributed by atoms with Gasteiger partial charge in [0.05, 0.1) is 26.2 Å². The van der Waals surface area contributed by atoms with Gasteiger partial charge in [0.1, 0.15) is 11.8 Å². The number of sulfonamides is 1. The number of carbonyl (C=O) groups excluding carboxylic acids is 2. The van der Waals surface area contributed by atoms with Gasteiger partial charge in [-0.3, -0.25) is 9.59 Å². The number of nitrogens with zero attached hydrogens (tertiary/aromatic N) is 1. The number of carbonyl (C=O) groups is 2. The molecule has 0 bridgehead atoms. The molecule has 0 heterocycles. The molecule has 5 rings (SSSR count). The minimum atomic E-state index is -3.57. The van der Waals surface area contributed by atoms with E-state index < -0.39 is 16.1 Å². The Morgan fingerprint density at radius 3 is 2.06 bits per heavy atom. The smallest absolute Gasteiger partial charge is 0.243 e. The number of amides is 2. The molecule has 0 aromatic heterocycles. The maximum atomic E-state index is 14.2. The van der Waals surface area contributed by atoms with E-state index in [0.717, 1.165) is 35.1 Å². The van der Waals surface area contributed by atoms with Crippen LogP contribution in [-0.4, -0.2) is 65.1 Å². The van der Waals surface area contributed by atoms with Crippen LogP contribution in [0.15, 0.2) is 102 Å². The van der Waals surface area contributed by atoms with Crippen molar-refractivity contribution in [1.82, 2.24) is 14.9 Å². The van der Waals surface area contributed by atoms with Crippen molar-refractivity contribution in [3.8, 4) is 17.2 Å². The number of benzene rings is 4. The van der Waals surface area contributed by atoms with Gasteiger partial charge < -0.3 is 24.4 Å². The Morgan fingerprint density at radius 1 is 0.760 bits per heavy atom. The van der Waals surface area contributed by atoms with Crippen molar-refractivity contribution in [2.45, 2.75) is 62.0 Å². The average molecular weight is 700 g/mol. The van der Waals surface area contributed by atoms with Crippen LogP contribution >= 0.6 is 0 Å². The van der Waals surface area contributed by atoms with E-state index in [2.05, 4.69) is 10.0 Å². The summed E-state index contributed by atoms with van der Waals surface area (Å²) in [5.41, 5.74) is 3.58. The maximum absolute atomic E-state index is 14.2. The fourth-order valence-corrected chi connectivity index (χ4v) is 6.99. The number of methoxy groups -OCH3 is 3. The Hall–Kier alpha value is -4.87. The third-order valence-electron chi connectivity index (χ3n) is 8.70. The number of ether oxygens (including phenoxy) is 3. The van der Waals surface area contributed by atoms with E-state index in [-0.39, 0.29) is 35.7 Å². The van der Waals surface area contributed by atoms with Crippen molar-refractivity contribution >= 4 is 21.8 Å². The highest BCUT2D eigenvalue weighted by Crippen LogP contribution is 2.28. The fourth-order valence-electron chi connectivity index (χ4n) is 5.68. The van der Waals surface area contributed by atoms with Crippen LogP contribution in [0.3, 0.4) is 0 Å². The van der Waals surface area contributed by atoms with Gasteiger partial charge in [0.2, 0.25) is 21.8 Å². The summed E-state index contributed by atoms with van der Waals surface area (Å²) in [6, 6.07) is 28.6. The van der Waals surface area contributed by atoms with Crippen LogP contribution in [0.2, 0.25) is 0 Å². The maximum Gasteiger partial charge on any atom is 0.243 e. The molecule has 4 aromatic rings. The van der Waals surface area contributed by atoms with Crippen molar-refractivity contribution in [1.29, 1.82) is 0 Å². The average Bonchev–Trinajstić information content (AvgIpc) is 3.96. The van der Waals surface area contributed by atoms with Gasteiger partial charge in [-0.1, -0.05) is 60.7 Å². The highest BCUT2D eigenvalue weighted by molar-refractivity contribution is 7.89. The third kappa shape index (κ3) is 10.1. The first-order chi connectivity index (χ1) is 24.2. The molecule has 0 aliphatic heterocycles. The highest BCUT2D eigenvalue weighted by atomic mass is 32.2. The lowest BCUT2D eigenvalue weighted by molar-refractivity contribution is -0.141. The molecule has 1 aliphatic rings. The highest BCUT2D eigenvalue weighted by Gasteiger charge is 2.31. The summed E-state index contributed by atoms with van der Waals surface area (Å²) in [4.78, 5) is 30.1. The Kier molecular flexibility index (Phi) is 12.5. The summed E-state index contributed by atoms with van der Waals surface area (Å²) >= 11 is 0. The summed E-state index contributed by atoms with van der Waals surface area (Å²) in [6.45, 7) is 0.572. The van der Waals surface area contributed by atoms with Crippen molar-refractivity contribution < 1.29 is 32.2 Å². The minimum absolute atomic E-state index is 0.0148. The van der Waals surface area contributed by atoms with Gasteiger partial charge >= 0.3 is 0 Å². The predicted molar refractivity (Wildman–Crippen MR) is 192 cm³/mol. The monoisotopic (exact) mass is 699 g/mol.